The van der Waals surface area contributed by atoms with E-state index < -0.39 is 6.10 Å². The Morgan fingerprint density at radius 2 is 1.46 bits per heavy atom. The number of halogens is 2. The van der Waals surface area contributed by atoms with Gasteiger partial charge in [-0.2, -0.15) is 0 Å². The highest BCUT2D eigenvalue weighted by molar-refractivity contribution is 5.63. The Labute approximate surface area is 140 Å². The van der Waals surface area contributed by atoms with Crippen LogP contribution in [0.15, 0.2) is 66.7 Å². The smallest absolute Gasteiger partial charge is 0.123 e. The fraction of sp³-hybridized carbons (Fsp3) is 0.143. The molecule has 0 aromatic heterocycles. The van der Waals surface area contributed by atoms with Crippen LogP contribution in [0, 0.1) is 17.7 Å². The molecule has 3 heteroatoms. The Kier molecular flexibility index (Phi) is 5.02. The first-order valence-corrected chi connectivity index (χ1v) is 7.82. The summed E-state index contributed by atoms with van der Waals surface area (Å²) in [6.07, 6.45) is 0.524. The highest BCUT2D eigenvalue weighted by Gasteiger charge is 2.08. The fourth-order valence-corrected chi connectivity index (χ4v) is 2.63. The van der Waals surface area contributed by atoms with E-state index in [2.05, 4.69) is 6.07 Å². The molecule has 1 atom stereocenters. The van der Waals surface area contributed by atoms with Crippen molar-refractivity contribution in [2.24, 2.45) is 0 Å². The molecule has 0 amide bonds. The zero-order valence-electron chi connectivity index (χ0n) is 13.0. The predicted molar refractivity (Wildman–Crippen MR) is 90.4 cm³/mol. The molecule has 3 aromatic carbocycles. The summed E-state index contributed by atoms with van der Waals surface area (Å²) in [6.45, 7) is 0. The number of aryl methyl sites for hydroxylation is 1. The van der Waals surface area contributed by atoms with E-state index in [1.54, 1.807) is 24.3 Å². The van der Waals surface area contributed by atoms with Gasteiger partial charge in [0.25, 0.3) is 0 Å². The van der Waals surface area contributed by atoms with Crippen molar-refractivity contribution < 1.29 is 13.9 Å². The molecule has 3 rings (SSSR count). The summed E-state index contributed by atoms with van der Waals surface area (Å²) >= 11 is 0. The average Bonchev–Trinajstić information content (AvgIpc) is 2.61. The lowest BCUT2D eigenvalue weighted by atomic mass is 9.98. The molecule has 0 aliphatic rings. The Bertz CT molecular complexity index is 795. The van der Waals surface area contributed by atoms with Crippen LogP contribution >= 0.6 is 0 Å². The Morgan fingerprint density at radius 3 is 2.12 bits per heavy atom. The topological polar surface area (TPSA) is 20.2 Å². The predicted octanol–water partition coefficient (Wildman–Crippen LogP) is 5.10. The molecule has 0 saturated carbocycles. The molecule has 0 heterocycles. The summed E-state index contributed by atoms with van der Waals surface area (Å²) in [5, 5.41) is 10.2. The molecule has 121 valence electrons. The highest BCUT2D eigenvalue weighted by atomic mass is 19.1. The van der Waals surface area contributed by atoms with Crippen molar-refractivity contribution in [3.63, 3.8) is 0 Å². The second-order valence-corrected chi connectivity index (χ2v) is 5.72. The number of benzene rings is 3. The molecule has 0 bridgehead atoms. The van der Waals surface area contributed by atoms with Crippen LogP contribution in [0.4, 0.5) is 8.78 Å². The lowest BCUT2D eigenvalue weighted by Gasteiger charge is -2.11. The van der Waals surface area contributed by atoms with Crippen LogP contribution in [0.5, 0.6) is 0 Å². The first kappa shape index (κ1) is 16.3. The SMILES string of the molecule is O[C@H](CCc1[c]ccc(-c2ccc(F)cc2)c1)c1ccc(F)cc1. The molecular weight excluding hydrogens is 306 g/mol. The average molecular weight is 323 g/mol. The van der Waals surface area contributed by atoms with Crippen molar-refractivity contribution in [2.45, 2.75) is 18.9 Å². The van der Waals surface area contributed by atoms with Crippen molar-refractivity contribution >= 4 is 0 Å². The summed E-state index contributed by atoms with van der Waals surface area (Å²) in [7, 11) is 0. The molecule has 24 heavy (non-hydrogen) atoms. The van der Waals surface area contributed by atoms with Gasteiger partial charge >= 0.3 is 0 Å². The van der Waals surface area contributed by atoms with Gasteiger partial charge in [0.15, 0.2) is 0 Å². The van der Waals surface area contributed by atoms with E-state index in [0.29, 0.717) is 18.4 Å². The molecule has 0 spiro atoms. The second kappa shape index (κ2) is 7.37. The third-order valence-electron chi connectivity index (χ3n) is 3.98. The monoisotopic (exact) mass is 323 g/mol. The van der Waals surface area contributed by atoms with Gasteiger partial charge in [0.2, 0.25) is 0 Å². The van der Waals surface area contributed by atoms with Crippen molar-refractivity contribution in [2.75, 3.05) is 0 Å². The zero-order chi connectivity index (χ0) is 16.9. The summed E-state index contributed by atoms with van der Waals surface area (Å²) < 4.78 is 25.9. The largest absolute Gasteiger partial charge is 0.388 e. The van der Waals surface area contributed by atoms with Crippen LogP contribution in [0.2, 0.25) is 0 Å². The molecule has 1 N–H and O–H groups in total. The van der Waals surface area contributed by atoms with Crippen LogP contribution in [-0.4, -0.2) is 5.11 Å². The van der Waals surface area contributed by atoms with Crippen molar-refractivity contribution in [3.05, 3.63) is 95.6 Å². The minimum absolute atomic E-state index is 0.260. The number of rotatable bonds is 5. The van der Waals surface area contributed by atoms with Gasteiger partial charge in [-0.3, -0.25) is 0 Å². The van der Waals surface area contributed by atoms with Crippen molar-refractivity contribution in [1.29, 1.82) is 0 Å². The number of aliphatic hydroxyl groups is 1. The number of hydrogen-bond acceptors (Lipinski definition) is 1. The van der Waals surface area contributed by atoms with Crippen LogP contribution in [0.25, 0.3) is 11.1 Å². The minimum Gasteiger partial charge on any atom is -0.388 e. The summed E-state index contributed by atoms with van der Waals surface area (Å²) in [5.74, 6) is -0.574. The molecule has 1 radical (unpaired) electrons. The van der Waals surface area contributed by atoms with Crippen molar-refractivity contribution in [3.8, 4) is 11.1 Å². The molecule has 0 aliphatic carbocycles. The maximum Gasteiger partial charge on any atom is 0.123 e. The maximum absolute atomic E-state index is 13.0. The van der Waals surface area contributed by atoms with E-state index in [0.717, 1.165) is 16.7 Å². The lowest BCUT2D eigenvalue weighted by molar-refractivity contribution is 0.167. The summed E-state index contributed by atoms with van der Waals surface area (Å²) in [4.78, 5) is 0. The van der Waals surface area contributed by atoms with Crippen LogP contribution < -0.4 is 0 Å². The first-order valence-electron chi connectivity index (χ1n) is 7.82. The van der Waals surface area contributed by atoms with E-state index >= 15 is 0 Å². The third-order valence-corrected chi connectivity index (χ3v) is 3.98. The standard InChI is InChI=1S/C21H17F2O/c22-19-9-5-16(6-10-19)18-3-1-2-15(14-18)4-13-21(24)17-7-11-20(23)12-8-17/h1,3,5-12,14,21,24H,4,13H2/t21-/m1/s1. The summed E-state index contributed by atoms with van der Waals surface area (Å²) in [6, 6.07) is 21.1. The van der Waals surface area contributed by atoms with Gasteiger partial charge in [-0.15, -0.1) is 0 Å². The van der Waals surface area contributed by atoms with Gasteiger partial charge in [-0.1, -0.05) is 42.5 Å². The molecule has 3 aromatic rings. The Hall–Kier alpha value is -2.52. The molecule has 0 unspecified atom stereocenters. The van der Waals surface area contributed by atoms with Gasteiger partial charge < -0.3 is 5.11 Å². The highest BCUT2D eigenvalue weighted by Crippen LogP contribution is 2.23. The van der Waals surface area contributed by atoms with Crippen LogP contribution in [-0.2, 0) is 6.42 Å². The molecular formula is C21H17F2O. The van der Waals surface area contributed by atoms with Gasteiger partial charge in [0.1, 0.15) is 11.6 Å². The zero-order valence-corrected chi connectivity index (χ0v) is 13.0. The van der Waals surface area contributed by atoms with Gasteiger partial charge in [0.05, 0.1) is 6.10 Å². The Balaban J connectivity index is 1.68. The quantitative estimate of drug-likeness (QED) is 0.693. The molecule has 0 fully saturated rings. The van der Waals surface area contributed by atoms with Crippen LogP contribution in [0.3, 0.4) is 0 Å². The normalized spacial score (nSPS) is 12.1. The van der Waals surface area contributed by atoms with E-state index in [9.17, 15) is 13.9 Å². The number of hydrogen-bond donors (Lipinski definition) is 1. The van der Waals surface area contributed by atoms with E-state index in [1.807, 2.05) is 18.2 Å². The maximum atomic E-state index is 13.0. The molecule has 1 nitrogen and oxygen atoms in total. The lowest BCUT2D eigenvalue weighted by Crippen LogP contribution is -2.00. The minimum atomic E-state index is -0.645. The second-order valence-electron chi connectivity index (χ2n) is 5.72. The third kappa shape index (κ3) is 4.06. The van der Waals surface area contributed by atoms with Gasteiger partial charge in [0, 0.05) is 0 Å². The summed E-state index contributed by atoms with van der Waals surface area (Å²) in [5.41, 5.74) is 3.59. The van der Waals surface area contributed by atoms with Crippen molar-refractivity contribution in [1.82, 2.24) is 0 Å². The molecule has 0 aliphatic heterocycles. The van der Waals surface area contributed by atoms with Gasteiger partial charge in [-0.25, -0.2) is 8.78 Å². The van der Waals surface area contributed by atoms with Crippen LogP contribution in [0.1, 0.15) is 23.7 Å². The van der Waals surface area contributed by atoms with E-state index in [4.69, 9.17) is 0 Å². The Morgan fingerprint density at radius 1 is 0.833 bits per heavy atom. The van der Waals surface area contributed by atoms with E-state index in [-0.39, 0.29) is 11.6 Å². The first-order chi connectivity index (χ1) is 11.6. The fourth-order valence-electron chi connectivity index (χ4n) is 2.63. The molecule has 0 saturated heterocycles. The van der Waals surface area contributed by atoms with Gasteiger partial charge in [-0.05, 0) is 65.4 Å². The van der Waals surface area contributed by atoms with E-state index in [1.165, 1.54) is 24.3 Å². The number of aliphatic hydroxyl groups excluding tert-OH is 1.